The summed E-state index contributed by atoms with van der Waals surface area (Å²) >= 11 is 0. The third-order valence-corrected chi connectivity index (χ3v) is 3.68. The molecule has 0 radical (unpaired) electrons. The summed E-state index contributed by atoms with van der Waals surface area (Å²) in [6, 6.07) is 6.89. The van der Waals surface area contributed by atoms with E-state index in [0.717, 1.165) is 0 Å². The van der Waals surface area contributed by atoms with E-state index < -0.39 is 17.7 Å². The summed E-state index contributed by atoms with van der Waals surface area (Å²) in [4.78, 5) is 39.4. The molecule has 7 heteroatoms. The van der Waals surface area contributed by atoms with Crippen LogP contribution in [0.5, 0.6) is 0 Å². The number of hydrogen-bond acceptors (Lipinski definition) is 4. The number of hydrogen-bond donors (Lipinski definition) is 2. The Labute approximate surface area is 139 Å². The minimum atomic E-state index is -1.03. The molecule has 0 aliphatic heterocycles. The van der Waals surface area contributed by atoms with Crippen molar-refractivity contribution in [2.45, 2.75) is 33.2 Å². The number of aromatic nitrogens is 2. The van der Waals surface area contributed by atoms with Gasteiger partial charge in [0.2, 0.25) is 5.91 Å². The van der Waals surface area contributed by atoms with Crippen molar-refractivity contribution in [3.63, 3.8) is 0 Å². The van der Waals surface area contributed by atoms with Gasteiger partial charge in [0, 0.05) is 17.1 Å². The molecule has 0 saturated carbocycles. The zero-order valence-corrected chi connectivity index (χ0v) is 13.7. The molecule has 7 nitrogen and oxygen atoms in total. The fraction of sp³-hybridized carbons (Fsp3) is 0.294. The summed E-state index contributed by atoms with van der Waals surface area (Å²) in [5, 5.41) is 11.6. The second kappa shape index (κ2) is 7.08. The van der Waals surface area contributed by atoms with Crippen molar-refractivity contribution < 1.29 is 14.7 Å². The lowest BCUT2D eigenvalue weighted by Gasteiger charge is -2.20. The minimum absolute atomic E-state index is 0.134. The van der Waals surface area contributed by atoms with Crippen LogP contribution in [0.2, 0.25) is 0 Å². The quantitative estimate of drug-likeness (QED) is 0.875. The monoisotopic (exact) mass is 329 g/mol. The Hall–Kier alpha value is -2.96. The van der Waals surface area contributed by atoms with Gasteiger partial charge in [0.1, 0.15) is 6.04 Å². The van der Waals surface area contributed by atoms with Crippen LogP contribution < -0.4 is 11.0 Å². The second-order valence-electron chi connectivity index (χ2n) is 5.49. The topological polar surface area (TPSA) is 101 Å². The minimum Gasteiger partial charge on any atom is -0.478 e. The molecule has 2 N–H and O–H groups in total. The first kappa shape index (κ1) is 17.4. The Morgan fingerprint density at radius 2 is 1.88 bits per heavy atom. The number of carbonyl (C=O) groups excluding carboxylic acids is 1. The molecule has 126 valence electrons. The van der Waals surface area contributed by atoms with Crippen LogP contribution in [0.25, 0.3) is 0 Å². The van der Waals surface area contributed by atoms with Crippen molar-refractivity contribution in [1.82, 2.24) is 9.55 Å². The molecule has 0 saturated heterocycles. The Balaban J connectivity index is 2.27. The molecule has 2 rings (SSSR count). The molecular formula is C17H19N3O4. The van der Waals surface area contributed by atoms with Gasteiger partial charge in [-0.25, -0.2) is 9.59 Å². The van der Waals surface area contributed by atoms with E-state index in [-0.39, 0.29) is 11.5 Å². The number of carboxylic acids is 1. The highest BCUT2D eigenvalue weighted by Gasteiger charge is 2.22. The van der Waals surface area contributed by atoms with E-state index in [2.05, 4.69) is 10.3 Å². The highest BCUT2D eigenvalue weighted by Crippen LogP contribution is 2.16. The Morgan fingerprint density at radius 1 is 1.25 bits per heavy atom. The fourth-order valence-electron chi connectivity index (χ4n) is 2.55. The maximum Gasteiger partial charge on any atom is 0.348 e. The summed E-state index contributed by atoms with van der Waals surface area (Å²) in [5.74, 6) is -1.39. The lowest BCUT2D eigenvalue weighted by molar-refractivity contribution is -0.119. The maximum absolute atomic E-state index is 12.5. The van der Waals surface area contributed by atoms with E-state index in [9.17, 15) is 14.4 Å². The second-order valence-corrected chi connectivity index (χ2v) is 5.49. The number of carboxylic acid groups (broad SMARTS) is 1. The number of benzene rings is 1. The summed E-state index contributed by atoms with van der Waals surface area (Å²) < 4.78 is 1.37. The Kier molecular flexibility index (Phi) is 5.13. The molecule has 1 heterocycles. The van der Waals surface area contributed by atoms with Crippen molar-refractivity contribution in [2.75, 3.05) is 5.32 Å². The highest BCUT2D eigenvalue weighted by atomic mass is 16.4. The predicted octanol–water partition coefficient (Wildman–Crippen LogP) is 2.15. The molecule has 0 fully saturated rings. The van der Waals surface area contributed by atoms with E-state index in [4.69, 9.17) is 5.11 Å². The molecule has 1 aromatic heterocycles. The molecular weight excluding hydrogens is 310 g/mol. The molecule has 0 aliphatic carbocycles. The average Bonchev–Trinajstić information content (AvgIpc) is 2.51. The van der Waals surface area contributed by atoms with Gasteiger partial charge in [0.15, 0.2) is 0 Å². The number of rotatable bonds is 5. The molecule has 0 aliphatic rings. The first-order valence-electron chi connectivity index (χ1n) is 7.54. The molecule has 0 bridgehead atoms. The van der Waals surface area contributed by atoms with Crippen molar-refractivity contribution in [2.24, 2.45) is 0 Å². The lowest BCUT2D eigenvalue weighted by atomic mass is 10.1. The Bertz CT molecular complexity index is 825. The number of aryl methyl sites for hydroxylation is 2. The number of anilines is 1. The predicted molar refractivity (Wildman–Crippen MR) is 89.3 cm³/mol. The van der Waals surface area contributed by atoms with Crippen LogP contribution >= 0.6 is 0 Å². The van der Waals surface area contributed by atoms with Crippen molar-refractivity contribution in [3.8, 4) is 0 Å². The van der Waals surface area contributed by atoms with E-state index in [1.54, 1.807) is 19.9 Å². The number of nitrogens with one attached hydrogen (secondary N) is 1. The molecule has 1 unspecified atom stereocenters. The zero-order chi connectivity index (χ0) is 17.9. The van der Waals surface area contributed by atoms with Gasteiger partial charge >= 0.3 is 11.7 Å². The maximum atomic E-state index is 12.5. The van der Waals surface area contributed by atoms with Crippen LogP contribution in [0.3, 0.4) is 0 Å². The van der Waals surface area contributed by atoms with Crippen LogP contribution in [-0.4, -0.2) is 26.5 Å². The van der Waals surface area contributed by atoms with Gasteiger partial charge in [0.05, 0.1) is 5.56 Å². The van der Waals surface area contributed by atoms with E-state index >= 15 is 0 Å². The van der Waals surface area contributed by atoms with Gasteiger partial charge in [-0.05, 0) is 50.6 Å². The summed E-state index contributed by atoms with van der Waals surface area (Å²) in [7, 11) is 0. The largest absolute Gasteiger partial charge is 0.478 e. The van der Waals surface area contributed by atoms with Crippen molar-refractivity contribution >= 4 is 17.6 Å². The summed E-state index contributed by atoms with van der Waals surface area (Å²) in [5.41, 5.74) is 1.41. The van der Waals surface area contributed by atoms with Gasteiger partial charge in [-0.2, -0.15) is 4.98 Å². The zero-order valence-electron chi connectivity index (χ0n) is 13.7. The third kappa shape index (κ3) is 3.68. The molecule has 1 amide bonds. The number of nitrogens with zero attached hydrogens (tertiary/aromatic N) is 2. The Morgan fingerprint density at radius 3 is 2.38 bits per heavy atom. The number of amides is 1. The number of carbonyl (C=O) groups is 2. The van der Waals surface area contributed by atoms with Gasteiger partial charge in [-0.15, -0.1) is 0 Å². The van der Waals surface area contributed by atoms with Crippen LogP contribution in [0, 0.1) is 13.8 Å². The van der Waals surface area contributed by atoms with Gasteiger partial charge in [-0.3, -0.25) is 9.36 Å². The van der Waals surface area contributed by atoms with Crippen LogP contribution in [0.4, 0.5) is 5.69 Å². The molecule has 1 atom stereocenters. The first-order chi connectivity index (χ1) is 11.3. The average molecular weight is 329 g/mol. The normalized spacial score (nSPS) is 11.8. The molecule has 24 heavy (non-hydrogen) atoms. The van der Waals surface area contributed by atoms with Crippen LogP contribution in [-0.2, 0) is 4.79 Å². The highest BCUT2D eigenvalue weighted by molar-refractivity contribution is 5.94. The van der Waals surface area contributed by atoms with Crippen LogP contribution in [0.15, 0.2) is 35.1 Å². The van der Waals surface area contributed by atoms with Crippen LogP contribution in [0.1, 0.15) is 41.1 Å². The molecule has 2 aromatic rings. The van der Waals surface area contributed by atoms with E-state index in [1.165, 1.54) is 28.8 Å². The van der Waals surface area contributed by atoms with Gasteiger partial charge < -0.3 is 10.4 Å². The van der Waals surface area contributed by atoms with Gasteiger partial charge in [0.25, 0.3) is 0 Å². The molecule has 1 aromatic carbocycles. The first-order valence-corrected chi connectivity index (χ1v) is 7.54. The molecule has 0 spiro atoms. The van der Waals surface area contributed by atoms with Gasteiger partial charge in [-0.1, -0.05) is 6.92 Å². The van der Waals surface area contributed by atoms with Crippen molar-refractivity contribution in [1.29, 1.82) is 0 Å². The lowest BCUT2D eigenvalue weighted by Crippen LogP contribution is -2.36. The summed E-state index contributed by atoms with van der Waals surface area (Å²) in [6.07, 6.45) is 0.421. The number of aromatic carboxylic acids is 1. The fourth-order valence-corrected chi connectivity index (χ4v) is 2.55. The van der Waals surface area contributed by atoms with E-state index in [1.807, 2.05) is 6.92 Å². The third-order valence-electron chi connectivity index (χ3n) is 3.68. The standard InChI is InChI=1S/C17H19N3O4/c1-4-14(20-11(3)9-10(2)18-17(20)24)15(21)19-13-7-5-12(6-8-13)16(22)23/h5-9,14H,4H2,1-3H3,(H,19,21)(H,22,23). The summed E-state index contributed by atoms with van der Waals surface area (Å²) in [6.45, 7) is 5.29. The van der Waals surface area contributed by atoms with Crippen molar-refractivity contribution in [3.05, 3.63) is 57.8 Å². The SMILES string of the molecule is CCC(C(=O)Nc1ccc(C(=O)O)cc1)n1c(C)cc(C)nc1=O. The smallest absolute Gasteiger partial charge is 0.348 e. The van der Waals surface area contributed by atoms with E-state index in [0.29, 0.717) is 23.5 Å².